The summed E-state index contributed by atoms with van der Waals surface area (Å²) in [5.41, 5.74) is 1.15. The molecule has 0 fully saturated rings. The molecular formula is C16H14ClN3O4S2. The number of primary sulfonamides is 1. The third kappa shape index (κ3) is 3.65. The smallest absolute Gasteiger partial charge is 0.230 e. The average Bonchev–Trinajstić information content (AvgIpc) is 3.00. The third-order valence-corrected chi connectivity index (χ3v) is 5.78. The van der Waals surface area contributed by atoms with E-state index in [0.717, 1.165) is 6.26 Å². The Balaban J connectivity index is 2.35. The molecule has 26 heavy (non-hydrogen) atoms. The van der Waals surface area contributed by atoms with Gasteiger partial charge >= 0.3 is 0 Å². The highest BCUT2D eigenvalue weighted by molar-refractivity contribution is 7.90. The fourth-order valence-electron chi connectivity index (χ4n) is 2.42. The van der Waals surface area contributed by atoms with E-state index in [-0.39, 0.29) is 15.6 Å². The van der Waals surface area contributed by atoms with Gasteiger partial charge < -0.3 is 0 Å². The Morgan fingerprint density at radius 1 is 1.00 bits per heavy atom. The highest BCUT2D eigenvalue weighted by Crippen LogP contribution is 2.29. The Morgan fingerprint density at radius 3 is 2.19 bits per heavy atom. The number of benzene rings is 2. The number of para-hydroxylation sites is 1. The molecule has 1 aromatic heterocycles. The van der Waals surface area contributed by atoms with Crippen molar-refractivity contribution in [3.05, 3.63) is 59.6 Å². The first-order valence-corrected chi connectivity index (χ1v) is 11.1. The molecule has 7 nitrogen and oxygen atoms in total. The van der Waals surface area contributed by atoms with Crippen molar-refractivity contribution < 1.29 is 16.8 Å². The molecule has 0 saturated heterocycles. The monoisotopic (exact) mass is 411 g/mol. The third-order valence-electron chi connectivity index (χ3n) is 3.61. The zero-order valence-electron chi connectivity index (χ0n) is 13.5. The Hall–Kier alpha value is -2.20. The molecule has 2 N–H and O–H groups in total. The molecule has 0 aliphatic carbocycles. The average molecular weight is 412 g/mol. The van der Waals surface area contributed by atoms with Gasteiger partial charge in [-0.1, -0.05) is 35.9 Å². The molecule has 0 bridgehead atoms. The van der Waals surface area contributed by atoms with Crippen LogP contribution in [0.3, 0.4) is 0 Å². The molecule has 0 amide bonds. The van der Waals surface area contributed by atoms with Crippen LogP contribution in [-0.4, -0.2) is 32.9 Å². The van der Waals surface area contributed by atoms with Gasteiger partial charge in [0.25, 0.3) is 0 Å². The lowest BCUT2D eigenvalue weighted by Crippen LogP contribution is -2.16. The van der Waals surface area contributed by atoms with Crippen LogP contribution in [0.15, 0.2) is 64.5 Å². The Kier molecular flexibility index (Phi) is 4.65. The van der Waals surface area contributed by atoms with Crippen LogP contribution in [0.4, 0.5) is 0 Å². The van der Waals surface area contributed by atoms with E-state index >= 15 is 0 Å². The van der Waals surface area contributed by atoms with E-state index in [1.54, 1.807) is 30.3 Å². The predicted molar refractivity (Wildman–Crippen MR) is 98.5 cm³/mol. The van der Waals surface area contributed by atoms with Gasteiger partial charge in [-0.2, -0.15) is 5.10 Å². The number of sulfone groups is 1. The number of nitrogens with zero attached hydrogens (tertiary/aromatic N) is 2. The van der Waals surface area contributed by atoms with Crippen molar-refractivity contribution in [3.8, 4) is 16.9 Å². The summed E-state index contributed by atoms with van der Waals surface area (Å²) < 4.78 is 49.0. The molecule has 0 saturated carbocycles. The Bertz CT molecular complexity index is 1180. The summed E-state index contributed by atoms with van der Waals surface area (Å²) >= 11 is 5.90. The summed E-state index contributed by atoms with van der Waals surface area (Å²) in [6.45, 7) is 0. The second-order valence-electron chi connectivity index (χ2n) is 5.57. The van der Waals surface area contributed by atoms with Crippen molar-refractivity contribution in [2.45, 2.75) is 9.92 Å². The summed E-state index contributed by atoms with van der Waals surface area (Å²) in [6.07, 6.45) is 1.02. The first-order chi connectivity index (χ1) is 12.1. The summed E-state index contributed by atoms with van der Waals surface area (Å²) in [5.74, 6) is 0. The topological polar surface area (TPSA) is 112 Å². The van der Waals surface area contributed by atoms with E-state index in [0.29, 0.717) is 16.3 Å². The van der Waals surface area contributed by atoms with Crippen molar-refractivity contribution in [3.63, 3.8) is 0 Å². The number of nitrogens with two attached hydrogens (primary N) is 1. The molecular weight excluding hydrogens is 398 g/mol. The summed E-state index contributed by atoms with van der Waals surface area (Å²) in [6, 6.07) is 14.0. The normalized spacial score (nSPS) is 12.3. The lowest BCUT2D eigenvalue weighted by molar-refractivity contribution is 0.595. The lowest BCUT2D eigenvalue weighted by atomic mass is 10.1. The van der Waals surface area contributed by atoms with Crippen LogP contribution < -0.4 is 5.14 Å². The van der Waals surface area contributed by atoms with Crippen LogP contribution in [0, 0.1) is 0 Å². The maximum absolute atomic E-state index is 12.0. The van der Waals surface area contributed by atoms with Gasteiger partial charge in [0.1, 0.15) is 4.90 Å². The SMILES string of the molecule is CS(=O)(=O)c1cc(-c2ccc(Cl)cc2)n(-c2ccccc2S(N)(=O)=O)n1. The van der Waals surface area contributed by atoms with Gasteiger partial charge in [0.15, 0.2) is 14.9 Å². The lowest BCUT2D eigenvalue weighted by Gasteiger charge is -2.11. The largest absolute Gasteiger partial charge is 0.240 e. The van der Waals surface area contributed by atoms with E-state index in [2.05, 4.69) is 5.10 Å². The number of aromatic nitrogens is 2. The number of rotatable bonds is 4. The van der Waals surface area contributed by atoms with Gasteiger partial charge in [0, 0.05) is 22.9 Å². The Morgan fingerprint density at radius 2 is 1.62 bits per heavy atom. The fraction of sp³-hybridized carbons (Fsp3) is 0.0625. The van der Waals surface area contributed by atoms with Gasteiger partial charge in [-0.3, -0.25) is 0 Å². The zero-order chi connectivity index (χ0) is 19.1. The summed E-state index contributed by atoms with van der Waals surface area (Å²) in [4.78, 5) is -0.168. The van der Waals surface area contributed by atoms with Crippen LogP contribution in [0.25, 0.3) is 16.9 Å². The van der Waals surface area contributed by atoms with Crippen molar-refractivity contribution in [1.29, 1.82) is 0 Å². The van der Waals surface area contributed by atoms with Gasteiger partial charge in [-0.05, 0) is 24.3 Å². The molecule has 0 atom stereocenters. The second-order valence-corrected chi connectivity index (χ2v) is 9.50. The minimum atomic E-state index is -4.04. The maximum atomic E-state index is 12.0. The molecule has 0 radical (unpaired) electrons. The van der Waals surface area contributed by atoms with E-state index in [9.17, 15) is 16.8 Å². The molecule has 0 spiro atoms. The van der Waals surface area contributed by atoms with E-state index in [1.807, 2.05) is 0 Å². The van der Waals surface area contributed by atoms with Crippen molar-refractivity contribution in [1.82, 2.24) is 9.78 Å². The van der Waals surface area contributed by atoms with Crippen molar-refractivity contribution >= 4 is 31.5 Å². The van der Waals surface area contributed by atoms with Crippen molar-refractivity contribution in [2.24, 2.45) is 5.14 Å². The summed E-state index contributed by atoms with van der Waals surface area (Å²) in [5, 5.41) is 9.71. The molecule has 3 rings (SSSR count). The highest BCUT2D eigenvalue weighted by Gasteiger charge is 2.22. The first-order valence-electron chi connectivity index (χ1n) is 7.25. The maximum Gasteiger partial charge on any atom is 0.240 e. The summed E-state index contributed by atoms with van der Waals surface area (Å²) in [7, 11) is -7.66. The molecule has 10 heteroatoms. The van der Waals surface area contributed by atoms with Gasteiger partial charge in [0.2, 0.25) is 10.0 Å². The fourth-order valence-corrected chi connectivity index (χ4v) is 3.82. The van der Waals surface area contributed by atoms with Crippen LogP contribution in [-0.2, 0) is 19.9 Å². The minimum absolute atomic E-state index is 0.148. The number of hydrogen-bond donors (Lipinski definition) is 1. The predicted octanol–water partition coefficient (Wildman–Crippen LogP) is 2.24. The number of sulfonamides is 1. The molecule has 2 aromatic carbocycles. The first kappa shape index (κ1) is 18.6. The standard InChI is InChI=1S/C16H14ClN3O4S2/c1-25(21,22)16-10-14(11-6-8-12(17)9-7-11)20(19-16)13-4-2-3-5-15(13)26(18,23)24/h2-10H,1H3,(H2,18,23,24). The van der Waals surface area contributed by atoms with Crippen LogP contribution >= 0.6 is 11.6 Å². The second kappa shape index (κ2) is 6.51. The van der Waals surface area contributed by atoms with E-state index < -0.39 is 19.9 Å². The van der Waals surface area contributed by atoms with Crippen LogP contribution in [0.2, 0.25) is 5.02 Å². The molecule has 0 unspecified atom stereocenters. The van der Waals surface area contributed by atoms with Crippen LogP contribution in [0.5, 0.6) is 0 Å². The highest BCUT2D eigenvalue weighted by atomic mass is 35.5. The number of hydrogen-bond acceptors (Lipinski definition) is 5. The van der Waals surface area contributed by atoms with E-state index in [4.69, 9.17) is 16.7 Å². The van der Waals surface area contributed by atoms with Gasteiger partial charge in [-0.25, -0.2) is 26.7 Å². The molecule has 136 valence electrons. The molecule has 1 heterocycles. The van der Waals surface area contributed by atoms with Crippen molar-refractivity contribution in [2.75, 3.05) is 6.26 Å². The quantitative estimate of drug-likeness (QED) is 0.707. The van der Waals surface area contributed by atoms with E-state index in [1.165, 1.54) is 28.9 Å². The zero-order valence-corrected chi connectivity index (χ0v) is 15.9. The minimum Gasteiger partial charge on any atom is -0.230 e. The van der Waals surface area contributed by atoms with Gasteiger partial charge in [0.05, 0.1) is 11.4 Å². The molecule has 3 aromatic rings. The molecule has 0 aliphatic rings. The van der Waals surface area contributed by atoms with Gasteiger partial charge in [-0.15, -0.1) is 0 Å². The number of halogens is 1. The Labute approximate surface area is 156 Å². The van der Waals surface area contributed by atoms with Crippen LogP contribution in [0.1, 0.15) is 0 Å². The molecule has 0 aliphatic heterocycles.